The maximum atomic E-state index is 5.43. The molecule has 2 heterocycles. The number of fused-ring (bicyclic) bond motifs is 1. The van der Waals surface area contributed by atoms with E-state index in [1.54, 1.807) is 12.4 Å². The average molecular weight is 298 g/mol. The maximum Gasteiger partial charge on any atom is 0.182 e. The first-order valence-corrected chi connectivity index (χ1v) is 7.55. The normalized spacial score (nSPS) is 11.0. The van der Waals surface area contributed by atoms with Gasteiger partial charge in [0.05, 0.1) is 17.2 Å². The average Bonchev–Trinajstić information content (AvgIpc) is 2.85. The molecule has 2 aromatic heterocycles. The molecule has 0 aliphatic rings. The van der Waals surface area contributed by atoms with Gasteiger partial charge in [-0.2, -0.15) is 0 Å². The number of H-pyrrole nitrogens is 1. The molecule has 3 rings (SSSR count). The highest BCUT2D eigenvalue weighted by molar-refractivity contribution is 7.71. The Labute approximate surface area is 129 Å². The lowest BCUT2D eigenvalue weighted by molar-refractivity contribution is 0.866. The van der Waals surface area contributed by atoms with Crippen molar-refractivity contribution in [2.24, 2.45) is 0 Å². The van der Waals surface area contributed by atoms with Crippen LogP contribution in [0.15, 0.2) is 42.7 Å². The van der Waals surface area contributed by atoms with Crippen LogP contribution in [0.2, 0.25) is 0 Å². The molecule has 21 heavy (non-hydrogen) atoms. The molecule has 0 saturated heterocycles. The Morgan fingerprint density at radius 2 is 1.86 bits per heavy atom. The van der Waals surface area contributed by atoms with E-state index < -0.39 is 0 Å². The van der Waals surface area contributed by atoms with Gasteiger partial charge in [0, 0.05) is 30.7 Å². The van der Waals surface area contributed by atoms with E-state index in [1.165, 1.54) is 5.69 Å². The van der Waals surface area contributed by atoms with Crippen molar-refractivity contribution in [1.82, 2.24) is 14.5 Å². The Hall–Kier alpha value is -2.14. The molecule has 1 N–H and O–H groups in total. The van der Waals surface area contributed by atoms with Crippen LogP contribution in [0.1, 0.15) is 13.8 Å². The van der Waals surface area contributed by atoms with Crippen LogP contribution in [0.3, 0.4) is 0 Å². The number of imidazole rings is 1. The van der Waals surface area contributed by atoms with Gasteiger partial charge in [-0.25, -0.2) is 0 Å². The molecule has 0 atom stereocenters. The number of rotatable bonds is 4. The van der Waals surface area contributed by atoms with Gasteiger partial charge in [-0.15, -0.1) is 0 Å². The smallest absolute Gasteiger partial charge is 0.182 e. The van der Waals surface area contributed by atoms with Crippen molar-refractivity contribution in [1.29, 1.82) is 0 Å². The van der Waals surface area contributed by atoms with Gasteiger partial charge in [0.15, 0.2) is 4.77 Å². The zero-order valence-electron chi connectivity index (χ0n) is 12.2. The summed E-state index contributed by atoms with van der Waals surface area (Å²) in [6.07, 6.45) is 3.58. The van der Waals surface area contributed by atoms with Gasteiger partial charge in [-0.3, -0.25) is 9.55 Å². The number of aromatic nitrogens is 3. The minimum absolute atomic E-state index is 0.689. The fourth-order valence-electron chi connectivity index (χ4n) is 2.62. The number of nitrogens with zero attached hydrogens (tertiary/aromatic N) is 3. The SMILES string of the molecule is CCN(CC)c1ccc(-n2c(=S)[nH]c3cnccc32)cc1. The van der Waals surface area contributed by atoms with Crippen LogP contribution >= 0.6 is 12.2 Å². The number of nitrogens with one attached hydrogen (secondary N) is 1. The molecule has 4 nitrogen and oxygen atoms in total. The fraction of sp³-hybridized carbons (Fsp3) is 0.250. The number of benzene rings is 1. The van der Waals surface area contributed by atoms with Crippen molar-refractivity contribution in [2.75, 3.05) is 18.0 Å². The van der Waals surface area contributed by atoms with Crippen molar-refractivity contribution in [3.63, 3.8) is 0 Å². The van der Waals surface area contributed by atoms with Crippen molar-refractivity contribution in [3.05, 3.63) is 47.5 Å². The summed E-state index contributed by atoms with van der Waals surface area (Å²) in [7, 11) is 0. The van der Waals surface area contributed by atoms with Crippen molar-refractivity contribution in [2.45, 2.75) is 13.8 Å². The van der Waals surface area contributed by atoms with Gasteiger partial charge in [0.2, 0.25) is 0 Å². The Balaban J connectivity index is 2.07. The van der Waals surface area contributed by atoms with Crippen molar-refractivity contribution in [3.8, 4) is 5.69 Å². The molecule has 1 aromatic carbocycles. The second-order valence-electron chi connectivity index (χ2n) is 4.85. The third-order valence-electron chi connectivity index (χ3n) is 3.72. The van der Waals surface area contributed by atoms with E-state index in [-0.39, 0.29) is 0 Å². The molecular weight excluding hydrogens is 280 g/mol. The second kappa shape index (κ2) is 5.69. The molecule has 0 aliphatic heterocycles. The molecule has 0 bridgehead atoms. The van der Waals surface area contributed by atoms with Crippen LogP contribution in [-0.2, 0) is 0 Å². The minimum atomic E-state index is 0.689. The third kappa shape index (κ3) is 2.45. The molecular formula is C16H18N4S. The first kappa shape index (κ1) is 13.8. The molecule has 0 aliphatic carbocycles. The summed E-state index contributed by atoms with van der Waals surface area (Å²) in [4.78, 5) is 9.63. The molecule has 0 fully saturated rings. The van der Waals surface area contributed by atoms with E-state index in [4.69, 9.17) is 12.2 Å². The predicted molar refractivity (Wildman–Crippen MR) is 89.8 cm³/mol. The molecule has 0 radical (unpaired) electrons. The van der Waals surface area contributed by atoms with Gasteiger partial charge in [0.1, 0.15) is 0 Å². The van der Waals surface area contributed by atoms with Crippen LogP contribution in [0.5, 0.6) is 0 Å². The first-order valence-electron chi connectivity index (χ1n) is 7.14. The van der Waals surface area contributed by atoms with Crippen LogP contribution < -0.4 is 4.90 Å². The Kier molecular flexibility index (Phi) is 3.75. The summed E-state index contributed by atoms with van der Waals surface area (Å²) in [5, 5.41) is 0. The monoisotopic (exact) mass is 298 g/mol. The first-order chi connectivity index (χ1) is 10.2. The number of hydrogen-bond acceptors (Lipinski definition) is 3. The van der Waals surface area contributed by atoms with Gasteiger partial charge < -0.3 is 9.88 Å². The fourth-order valence-corrected chi connectivity index (χ4v) is 2.93. The number of hydrogen-bond donors (Lipinski definition) is 1. The van der Waals surface area contributed by atoms with E-state index in [9.17, 15) is 0 Å². The van der Waals surface area contributed by atoms with Crippen LogP contribution in [0, 0.1) is 4.77 Å². The number of aromatic amines is 1. The van der Waals surface area contributed by atoms with Crippen molar-refractivity contribution < 1.29 is 0 Å². The summed E-state index contributed by atoms with van der Waals surface area (Å²) >= 11 is 5.43. The highest BCUT2D eigenvalue weighted by Crippen LogP contribution is 2.21. The Morgan fingerprint density at radius 3 is 2.52 bits per heavy atom. The number of anilines is 1. The zero-order chi connectivity index (χ0) is 14.8. The van der Waals surface area contributed by atoms with E-state index in [2.05, 4.69) is 53.0 Å². The molecule has 0 unspecified atom stereocenters. The molecule has 3 aromatic rings. The quantitative estimate of drug-likeness (QED) is 0.742. The van der Waals surface area contributed by atoms with E-state index in [0.717, 1.165) is 29.8 Å². The predicted octanol–water partition coefficient (Wildman–Crippen LogP) is 3.93. The maximum absolute atomic E-state index is 5.43. The van der Waals surface area contributed by atoms with Gasteiger partial charge in [0.25, 0.3) is 0 Å². The van der Waals surface area contributed by atoms with Crippen LogP contribution in [0.4, 0.5) is 5.69 Å². The summed E-state index contributed by atoms with van der Waals surface area (Å²) in [6, 6.07) is 10.5. The Bertz CT molecular complexity index is 797. The number of pyridine rings is 1. The van der Waals surface area contributed by atoms with Crippen LogP contribution in [-0.4, -0.2) is 27.6 Å². The lowest BCUT2D eigenvalue weighted by Gasteiger charge is -2.21. The van der Waals surface area contributed by atoms with Gasteiger partial charge in [-0.1, -0.05) is 0 Å². The Morgan fingerprint density at radius 1 is 1.14 bits per heavy atom. The topological polar surface area (TPSA) is 36.9 Å². The summed E-state index contributed by atoms with van der Waals surface area (Å²) in [5.41, 5.74) is 4.30. The molecule has 0 saturated carbocycles. The molecule has 108 valence electrons. The summed E-state index contributed by atoms with van der Waals surface area (Å²) in [6.45, 7) is 6.35. The molecule has 5 heteroatoms. The zero-order valence-corrected chi connectivity index (χ0v) is 13.0. The van der Waals surface area contributed by atoms with E-state index in [0.29, 0.717) is 4.77 Å². The van der Waals surface area contributed by atoms with E-state index >= 15 is 0 Å². The standard InChI is InChI=1S/C16H18N4S/c1-3-19(4-2)12-5-7-13(8-6-12)20-15-9-10-17-11-14(15)18-16(20)21/h5-11H,3-4H2,1-2H3,(H,18,21). The highest BCUT2D eigenvalue weighted by Gasteiger charge is 2.07. The van der Waals surface area contributed by atoms with Gasteiger partial charge >= 0.3 is 0 Å². The lowest BCUT2D eigenvalue weighted by atomic mass is 10.2. The van der Waals surface area contributed by atoms with E-state index in [1.807, 2.05) is 10.6 Å². The second-order valence-corrected chi connectivity index (χ2v) is 5.23. The van der Waals surface area contributed by atoms with Gasteiger partial charge in [-0.05, 0) is 56.4 Å². The lowest BCUT2D eigenvalue weighted by Crippen LogP contribution is -2.21. The molecule has 0 amide bonds. The highest BCUT2D eigenvalue weighted by atomic mass is 32.1. The summed E-state index contributed by atoms with van der Waals surface area (Å²) < 4.78 is 2.73. The van der Waals surface area contributed by atoms with Crippen LogP contribution in [0.25, 0.3) is 16.7 Å². The molecule has 0 spiro atoms. The summed E-state index contributed by atoms with van der Waals surface area (Å²) in [5.74, 6) is 0. The third-order valence-corrected chi connectivity index (χ3v) is 4.00. The largest absolute Gasteiger partial charge is 0.372 e. The minimum Gasteiger partial charge on any atom is -0.372 e. The van der Waals surface area contributed by atoms with Crippen molar-refractivity contribution >= 4 is 28.9 Å².